The van der Waals surface area contributed by atoms with Crippen LogP contribution in [0.1, 0.15) is 6.42 Å². The first-order valence-electron chi connectivity index (χ1n) is 5.68. The lowest BCUT2D eigenvalue weighted by Gasteiger charge is -2.14. The summed E-state index contributed by atoms with van der Waals surface area (Å²) in [7, 11) is 1.39. The van der Waals surface area contributed by atoms with Gasteiger partial charge in [0.1, 0.15) is 0 Å². The van der Waals surface area contributed by atoms with Gasteiger partial charge in [0.2, 0.25) is 5.91 Å². The smallest absolute Gasteiger partial charge is 0.310 e. The second kappa shape index (κ2) is 5.92. The Morgan fingerprint density at radius 3 is 3.17 bits per heavy atom. The van der Waals surface area contributed by atoms with E-state index < -0.39 is 0 Å². The molecule has 1 amide bonds. The van der Waals surface area contributed by atoms with Crippen LogP contribution in [0.2, 0.25) is 0 Å². The number of esters is 1. The molecular weight excluding hydrogens is 254 g/mol. The summed E-state index contributed by atoms with van der Waals surface area (Å²) in [5, 5.41) is 5.12. The summed E-state index contributed by atoms with van der Waals surface area (Å²) in [5.41, 5.74) is 0. The monoisotopic (exact) mass is 269 g/mol. The summed E-state index contributed by atoms with van der Waals surface area (Å²) >= 11 is 1.38. The number of thiazole rings is 1. The summed E-state index contributed by atoms with van der Waals surface area (Å²) in [4.78, 5) is 29.0. The highest BCUT2D eigenvalue weighted by Crippen LogP contribution is 2.17. The number of carbonyl (C=O) groups is 2. The first-order chi connectivity index (χ1) is 8.69. The number of amides is 1. The SMILES string of the molecule is COC(=O)C1CCN(CC(=O)Nc2nccs2)C1. The molecule has 2 heterocycles. The van der Waals surface area contributed by atoms with Crippen LogP contribution < -0.4 is 5.32 Å². The number of carbonyl (C=O) groups excluding carboxylic acids is 2. The molecule has 2 rings (SSSR count). The first kappa shape index (κ1) is 13.0. The van der Waals surface area contributed by atoms with Gasteiger partial charge < -0.3 is 10.1 Å². The van der Waals surface area contributed by atoms with Crippen molar-refractivity contribution in [1.82, 2.24) is 9.88 Å². The van der Waals surface area contributed by atoms with E-state index >= 15 is 0 Å². The fraction of sp³-hybridized carbons (Fsp3) is 0.545. The Kier molecular flexibility index (Phi) is 4.27. The van der Waals surface area contributed by atoms with Gasteiger partial charge in [0.25, 0.3) is 0 Å². The second-order valence-electron chi connectivity index (χ2n) is 4.13. The Hall–Kier alpha value is -1.47. The van der Waals surface area contributed by atoms with Crippen molar-refractivity contribution in [3.8, 4) is 0 Å². The third-order valence-corrected chi connectivity index (χ3v) is 3.54. The van der Waals surface area contributed by atoms with Gasteiger partial charge in [-0.05, 0) is 13.0 Å². The number of hydrogen-bond acceptors (Lipinski definition) is 6. The van der Waals surface area contributed by atoms with E-state index in [-0.39, 0.29) is 24.3 Å². The molecule has 0 saturated carbocycles. The molecular formula is C11H15N3O3S. The van der Waals surface area contributed by atoms with Crippen molar-refractivity contribution in [1.29, 1.82) is 0 Å². The number of rotatable bonds is 4. The first-order valence-corrected chi connectivity index (χ1v) is 6.56. The van der Waals surface area contributed by atoms with Gasteiger partial charge in [0.15, 0.2) is 5.13 Å². The summed E-state index contributed by atoms with van der Waals surface area (Å²) in [6.07, 6.45) is 2.39. The lowest BCUT2D eigenvalue weighted by Crippen LogP contribution is -2.32. The normalized spacial score (nSPS) is 19.7. The fourth-order valence-electron chi connectivity index (χ4n) is 1.98. The van der Waals surface area contributed by atoms with Crippen LogP contribution in [0.3, 0.4) is 0 Å². The van der Waals surface area contributed by atoms with E-state index in [1.54, 1.807) is 11.6 Å². The number of likely N-dealkylation sites (tertiary alicyclic amines) is 1. The van der Waals surface area contributed by atoms with Crippen molar-refractivity contribution >= 4 is 28.3 Å². The summed E-state index contributed by atoms with van der Waals surface area (Å²) < 4.78 is 4.70. The molecule has 1 saturated heterocycles. The molecule has 1 N–H and O–H groups in total. The zero-order valence-corrected chi connectivity index (χ0v) is 10.9. The summed E-state index contributed by atoms with van der Waals surface area (Å²) in [5.74, 6) is -0.407. The van der Waals surface area contributed by atoms with Crippen molar-refractivity contribution in [3.63, 3.8) is 0 Å². The Balaban J connectivity index is 1.77. The van der Waals surface area contributed by atoms with Crippen LogP contribution in [0.4, 0.5) is 5.13 Å². The number of anilines is 1. The van der Waals surface area contributed by atoms with E-state index in [0.717, 1.165) is 13.0 Å². The van der Waals surface area contributed by atoms with Crippen molar-refractivity contribution in [2.24, 2.45) is 5.92 Å². The quantitative estimate of drug-likeness (QED) is 0.809. The minimum atomic E-state index is -0.196. The van der Waals surface area contributed by atoms with Gasteiger partial charge in [-0.2, -0.15) is 0 Å². The Morgan fingerprint density at radius 2 is 2.50 bits per heavy atom. The maximum absolute atomic E-state index is 11.7. The van der Waals surface area contributed by atoms with Crippen LogP contribution in [-0.4, -0.2) is 48.5 Å². The van der Waals surface area contributed by atoms with Crippen LogP contribution in [-0.2, 0) is 14.3 Å². The number of hydrogen-bond donors (Lipinski definition) is 1. The second-order valence-corrected chi connectivity index (χ2v) is 5.02. The molecule has 1 atom stereocenters. The van der Waals surface area contributed by atoms with Crippen LogP contribution in [0.5, 0.6) is 0 Å². The van der Waals surface area contributed by atoms with Gasteiger partial charge in [-0.15, -0.1) is 11.3 Å². The van der Waals surface area contributed by atoms with Gasteiger partial charge in [0, 0.05) is 18.1 Å². The van der Waals surface area contributed by atoms with Crippen molar-refractivity contribution in [2.75, 3.05) is 32.1 Å². The highest BCUT2D eigenvalue weighted by molar-refractivity contribution is 7.13. The average Bonchev–Trinajstić information content (AvgIpc) is 2.99. The van der Waals surface area contributed by atoms with Crippen molar-refractivity contribution < 1.29 is 14.3 Å². The predicted molar refractivity (Wildman–Crippen MR) is 67.3 cm³/mol. The fourth-order valence-corrected chi connectivity index (χ4v) is 2.53. The van der Waals surface area contributed by atoms with Crippen LogP contribution in [0.25, 0.3) is 0 Å². The molecule has 1 aliphatic rings. The minimum Gasteiger partial charge on any atom is -0.469 e. The largest absolute Gasteiger partial charge is 0.469 e. The van der Waals surface area contributed by atoms with E-state index in [9.17, 15) is 9.59 Å². The van der Waals surface area contributed by atoms with E-state index in [4.69, 9.17) is 4.74 Å². The zero-order chi connectivity index (χ0) is 13.0. The van der Waals surface area contributed by atoms with E-state index in [1.165, 1.54) is 18.4 Å². The molecule has 7 heteroatoms. The van der Waals surface area contributed by atoms with Gasteiger partial charge in [0.05, 0.1) is 19.6 Å². The molecule has 0 aromatic carbocycles. The summed E-state index contributed by atoms with van der Waals surface area (Å²) in [6.45, 7) is 1.61. The Bertz CT molecular complexity index is 421. The topological polar surface area (TPSA) is 71.5 Å². The highest BCUT2D eigenvalue weighted by Gasteiger charge is 2.29. The average molecular weight is 269 g/mol. The van der Waals surface area contributed by atoms with E-state index in [2.05, 4.69) is 10.3 Å². The molecule has 0 aliphatic carbocycles. The van der Waals surface area contributed by atoms with Crippen molar-refractivity contribution in [2.45, 2.75) is 6.42 Å². The number of nitrogens with one attached hydrogen (secondary N) is 1. The predicted octanol–water partition coefficient (Wildman–Crippen LogP) is 0.576. The van der Waals surface area contributed by atoms with Gasteiger partial charge >= 0.3 is 5.97 Å². The molecule has 1 aromatic heterocycles. The minimum absolute atomic E-state index is 0.101. The van der Waals surface area contributed by atoms with Crippen LogP contribution in [0.15, 0.2) is 11.6 Å². The molecule has 1 unspecified atom stereocenters. The Morgan fingerprint density at radius 1 is 1.67 bits per heavy atom. The zero-order valence-electron chi connectivity index (χ0n) is 10.1. The van der Waals surface area contributed by atoms with Crippen LogP contribution in [0, 0.1) is 5.92 Å². The summed E-state index contributed by atoms with van der Waals surface area (Å²) in [6, 6.07) is 0. The molecule has 18 heavy (non-hydrogen) atoms. The molecule has 1 aliphatic heterocycles. The number of nitrogens with zero attached hydrogens (tertiary/aromatic N) is 2. The Labute approximate surface area is 109 Å². The van der Waals surface area contributed by atoms with Gasteiger partial charge in [-0.25, -0.2) is 4.98 Å². The highest BCUT2D eigenvalue weighted by atomic mass is 32.1. The van der Waals surface area contributed by atoms with Crippen LogP contribution >= 0.6 is 11.3 Å². The molecule has 0 spiro atoms. The lowest BCUT2D eigenvalue weighted by molar-refractivity contribution is -0.145. The molecule has 1 aromatic rings. The third kappa shape index (κ3) is 3.27. The molecule has 0 radical (unpaired) electrons. The van der Waals surface area contributed by atoms with Gasteiger partial charge in [-0.1, -0.05) is 0 Å². The number of ether oxygens (including phenoxy) is 1. The van der Waals surface area contributed by atoms with Gasteiger partial charge in [-0.3, -0.25) is 14.5 Å². The molecule has 98 valence electrons. The maximum atomic E-state index is 11.7. The molecule has 1 fully saturated rings. The lowest BCUT2D eigenvalue weighted by atomic mass is 10.1. The number of aromatic nitrogens is 1. The van der Waals surface area contributed by atoms with E-state index in [1.807, 2.05) is 4.90 Å². The molecule has 6 nitrogen and oxygen atoms in total. The maximum Gasteiger partial charge on any atom is 0.310 e. The third-order valence-electron chi connectivity index (χ3n) is 2.85. The van der Waals surface area contributed by atoms with Crippen molar-refractivity contribution in [3.05, 3.63) is 11.6 Å². The number of methoxy groups -OCH3 is 1. The van der Waals surface area contributed by atoms with E-state index in [0.29, 0.717) is 11.7 Å². The molecule has 0 bridgehead atoms. The standard InChI is InChI=1S/C11H15N3O3S/c1-17-10(16)8-2-4-14(6-8)7-9(15)13-11-12-3-5-18-11/h3,5,8H,2,4,6-7H2,1H3,(H,12,13,15).